The first-order chi connectivity index (χ1) is 8.77. The molecule has 0 radical (unpaired) electrons. The van der Waals surface area contributed by atoms with Crippen LogP contribution in [0.3, 0.4) is 0 Å². The number of rotatable bonds is 8. The third-order valence-corrected chi connectivity index (χ3v) is 2.88. The van der Waals surface area contributed by atoms with Crippen LogP contribution < -0.4 is 5.32 Å². The van der Waals surface area contributed by atoms with Crippen molar-refractivity contribution in [1.82, 2.24) is 5.32 Å². The number of ether oxygens (including phenoxy) is 1. The number of esters is 1. The summed E-state index contributed by atoms with van der Waals surface area (Å²) in [4.78, 5) is 11.7. The van der Waals surface area contributed by atoms with Gasteiger partial charge in [0, 0.05) is 6.04 Å². The van der Waals surface area contributed by atoms with Crippen molar-refractivity contribution in [3.05, 3.63) is 35.9 Å². The molecule has 1 rings (SSSR count). The highest BCUT2D eigenvalue weighted by Gasteiger charge is 2.10. The van der Waals surface area contributed by atoms with E-state index in [9.17, 15) is 4.79 Å². The topological polar surface area (TPSA) is 38.3 Å². The van der Waals surface area contributed by atoms with Crippen LogP contribution in [0.2, 0.25) is 0 Å². The molecule has 0 fully saturated rings. The minimum absolute atomic E-state index is 0.244. The molecular weight excluding hydrogens is 226 g/mol. The minimum Gasteiger partial charge on any atom is -0.460 e. The summed E-state index contributed by atoms with van der Waals surface area (Å²) in [5.74, 6) is -0.244. The second-order valence-electron chi connectivity index (χ2n) is 4.38. The van der Waals surface area contributed by atoms with Crippen LogP contribution in [0.4, 0.5) is 0 Å². The fraction of sp³-hybridized carbons (Fsp3) is 0.533. The molecule has 0 aliphatic heterocycles. The molecule has 0 spiro atoms. The molecule has 0 saturated heterocycles. The Hall–Kier alpha value is -1.35. The Morgan fingerprint density at radius 3 is 2.61 bits per heavy atom. The lowest BCUT2D eigenvalue weighted by Crippen LogP contribution is -2.34. The number of carbonyl (C=O) groups is 1. The van der Waals surface area contributed by atoms with Crippen LogP contribution in [0.25, 0.3) is 0 Å². The fourth-order valence-corrected chi connectivity index (χ4v) is 1.64. The zero-order chi connectivity index (χ0) is 13.2. The van der Waals surface area contributed by atoms with Crippen molar-refractivity contribution in [3.8, 4) is 0 Å². The van der Waals surface area contributed by atoms with Crippen LogP contribution in [0.5, 0.6) is 0 Å². The van der Waals surface area contributed by atoms with Crippen LogP contribution in [-0.2, 0) is 4.74 Å². The van der Waals surface area contributed by atoms with E-state index in [1.165, 1.54) is 6.42 Å². The monoisotopic (exact) mass is 249 g/mol. The maximum atomic E-state index is 11.7. The molecule has 1 aromatic carbocycles. The van der Waals surface area contributed by atoms with Crippen LogP contribution >= 0.6 is 0 Å². The Morgan fingerprint density at radius 1 is 1.28 bits per heavy atom. The molecule has 0 bridgehead atoms. The van der Waals surface area contributed by atoms with Gasteiger partial charge in [0.15, 0.2) is 0 Å². The van der Waals surface area contributed by atoms with Crippen LogP contribution in [-0.4, -0.2) is 25.2 Å². The maximum absolute atomic E-state index is 11.7. The van der Waals surface area contributed by atoms with E-state index in [4.69, 9.17) is 4.74 Å². The first-order valence-electron chi connectivity index (χ1n) is 6.73. The molecule has 100 valence electrons. The molecule has 0 aliphatic rings. The summed E-state index contributed by atoms with van der Waals surface area (Å²) in [5.41, 5.74) is 0.612. The third-order valence-electron chi connectivity index (χ3n) is 2.88. The molecule has 1 unspecified atom stereocenters. The first kappa shape index (κ1) is 14.7. The molecular formula is C15H23NO2. The van der Waals surface area contributed by atoms with E-state index in [1.807, 2.05) is 18.2 Å². The normalized spacial score (nSPS) is 12.1. The minimum atomic E-state index is -0.244. The van der Waals surface area contributed by atoms with Crippen molar-refractivity contribution in [2.75, 3.05) is 13.2 Å². The zero-order valence-electron chi connectivity index (χ0n) is 11.3. The summed E-state index contributed by atoms with van der Waals surface area (Å²) in [5, 5.41) is 3.40. The van der Waals surface area contributed by atoms with Crippen LogP contribution in [0.15, 0.2) is 30.3 Å². The van der Waals surface area contributed by atoms with E-state index in [0.29, 0.717) is 12.2 Å². The molecule has 3 heteroatoms. The van der Waals surface area contributed by atoms with Gasteiger partial charge in [-0.2, -0.15) is 0 Å². The molecule has 1 atom stereocenters. The average Bonchev–Trinajstić information content (AvgIpc) is 2.43. The molecule has 0 aromatic heterocycles. The molecule has 1 N–H and O–H groups in total. The van der Waals surface area contributed by atoms with E-state index in [1.54, 1.807) is 12.1 Å². The Kier molecular flexibility index (Phi) is 7.11. The number of hydrogen-bond acceptors (Lipinski definition) is 3. The lowest BCUT2D eigenvalue weighted by atomic mass is 10.2. The zero-order valence-corrected chi connectivity index (χ0v) is 11.3. The highest BCUT2D eigenvalue weighted by atomic mass is 16.5. The van der Waals surface area contributed by atoms with Gasteiger partial charge in [-0.15, -0.1) is 0 Å². The Bertz CT molecular complexity index is 338. The van der Waals surface area contributed by atoms with Crippen LogP contribution in [0.1, 0.15) is 43.5 Å². The first-order valence-corrected chi connectivity index (χ1v) is 6.73. The van der Waals surface area contributed by atoms with Crippen molar-refractivity contribution >= 4 is 5.97 Å². The van der Waals surface area contributed by atoms with E-state index in [0.717, 1.165) is 19.4 Å². The molecule has 1 aromatic rings. The van der Waals surface area contributed by atoms with Crippen molar-refractivity contribution in [2.24, 2.45) is 0 Å². The number of nitrogens with one attached hydrogen (secondary N) is 1. The largest absolute Gasteiger partial charge is 0.460 e. The van der Waals surface area contributed by atoms with Gasteiger partial charge in [0.05, 0.1) is 5.56 Å². The van der Waals surface area contributed by atoms with Gasteiger partial charge in [0.2, 0.25) is 0 Å². The highest BCUT2D eigenvalue weighted by Crippen LogP contribution is 2.02. The number of hydrogen-bond donors (Lipinski definition) is 1. The number of unbranched alkanes of at least 4 members (excludes halogenated alkanes) is 1. The summed E-state index contributed by atoms with van der Waals surface area (Å²) >= 11 is 0. The van der Waals surface area contributed by atoms with Crippen molar-refractivity contribution < 1.29 is 9.53 Å². The molecule has 0 heterocycles. The second kappa shape index (κ2) is 8.70. The van der Waals surface area contributed by atoms with Gasteiger partial charge in [-0.1, -0.05) is 38.5 Å². The summed E-state index contributed by atoms with van der Waals surface area (Å²) in [6.07, 6.45) is 3.29. The maximum Gasteiger partial charge on any atom is 0.338 e. The summed E-state index contributed by atoms with van der Waals surface area (Å²) in [6.45, 7) is 5.68. The molecule has 0 amide bonds. The molecule has 18 heavy (non-hydrogen) atoms. The average molecular weight is 249 g/mol. The van der Waals surface area contributed by atoms with E-state index < -0.39 is 0 Å². The smallest absolute Gasteiger partial charge is 0.338 e. The quantitative estimate of drug-likeness (QED) is 0.568. The molecule has 0 saturated carbocycles. The molecule has 0 aliphatic carbocycles. The van der Waals surface area contributed by atoms with Gasteiger partial charge in [0.1, 0.15) is 6.61 Å². The lowest BCUT2D eigenvalue weighted by molar-refractivity contribution is 0.0463. The SMILES string of the molecule is CCCCNC(CC)COC(=O)c1ccccc1. The Balaban J connectivity index is 2.32. The van der Waals surface area contributed by atoms with E-state index in [-0.39, 0.29) is 12.0 Å². The van der Waals surface area contributed by atoms with Gasteiger partial charge in [-0.25, -0.2) is 4.79 Å². The summed E-state index contributed by atoms with van der Waals surface area (Å²) in [7, 11) is 0. The highest BCUT2D eigenvalue weighted by molar-refractivity contribution is 5.89. The Morgan fingerprint density at radius 2 is 2.00 bits per heavy atom. The van der Waals surface area contributed by atoms with Gasteiger partial charge in [0.25, 0.3) is 0 Å². The van der Waals surface area contributed by atoms with E-state index in [2.05, 4.69) is 19.2 Å². The predicted octanol–water partition coefficient (Wildman–Crippen LogP) is 3.01. The number of benzene rings is 1. The van der Waals surface area contributed by atoms with Crippen molar-refractivity contribution in [2.45, 2.75) is 39.2 Å². The summed E-state index contributed by atoms with van der Waals surface area (Å²) < 4.78 is 5.31. The van der Waals surface area contributed by atoms with Gasteiger partial charge in [-0.3, -0.25) is 0 Å². The number of carbonyl (C=O) groups excluding carboxylic acids is 1. The Labute approximate surface area is 110 Å². The second-order valence-corrected chi connectivity index (χ2v) is 4.38. The molecule has 3 nitrogen and oxygen atoms in total. The van der Waals surface area contributed by atoms with Crippen LogP contribution in [0, 0.1) is 0 Å². The predicted molar refractivity (Wildman–Crippen MR) is 73.7 cm³/mol. The lowest BCUT2D eigenvalue weighted by Gasteiger charge is -2.16. The van der Waals surface area contributed by atoms with E-state index >= 15 is 0 Å². The van der Waals surface area contributed by atoms with Gasteiger partial charge < -0.3 is 10.1 Å². The van der Waals surface area contributed by atoms with Crippen molar-refractivity contribution in [3.63, 3.8) is 0 Å². The van der Waals surface area contributed by atoms with Gasteiger partial charge in [-0.05, 0) is 31.5 Å². The van der Waals surface area contributed by atoms with Crippen molar-refractivity contribution in [1.29, 1.82) is 0 Å². The van der Waals surface area contributed by atoms with Gasteiger partial charge >= 0.3 is 5.97 Å². The fourth-order valence-electron chi connectivity index (χ4n) is 1.64. The standard InChI is InChI=1S/C15H23NO2/c1-3-5-11-16-14(4-2)12-18-15(17)13-9-7-6-8-10-13/h6-10,14,16H,3-5,11-12H2,1-2H3. The summed E-state index contributed by atoms with van der Waals surface area (Å²) in [6, 6.07) is 9.37. The third kappa shape index (κ3) is 5.32.